The van der Waals surface area contributed by atoms with Gasteiger partial charge in [-0.2, -0.15) is 0 Å². The molecule has 0 amide bonds. The highest BCUT2D eigenvalue weighted by molar-refractivity contribution is 7.91. The van der Waals surface area contributed by atoms with E-state index in [1.165, 1.54) is 0 Å². The Bertz CT molecular complexity index is 700. The summed E-state index contributed by atoms with van der Waals surface area (Å²) in [5.41, 5.74) is 2.07. The van der Waals surface area contributed by atoms with E-state index in [0.717, 1.165) is 30.7 Å². The number of aryl methyl sites for hydroxylation is 1. The van der Waals surface area contributed by atoms with E-state index in [-0.39, 0.29) is 23.7 Å². The van der Waals surface area contributed by atoms with Crippen LogP contribution in [0.5, 0.6) is 0 Å². The number of nitrogens with one attached hydrogen (secondary N) is 1. The minimum Gasteiger partial charge on any atom is -0.376 e. The number of benzene rings is 1. The Balaban J connectivity index is 1.75. The molecule has 0 aliphatic carbocycles. The number of para-hydroxylation sites is 1. The number of nitrogens with zero attached hydrogens (tertiary/aromatic N) is 1. The van der Waals surface area contributed by atoms with E-state index in [4.69, 9.17) is 17.0 Å². The van der Waals surface area contributed by atoms with Crippen molar-refractivity contribution >= 4 is 32.9 Å². The molecule has 3 rings (SSSR count). The van der Waals surface area contributed by atoms with Gasteiger partial charge in [0.25, 0.3) is 0 Å². The van der Waals surface area contributed by atoms with Crippen LogP contribution in [-0.2, 0) is 14.6 Å². The Hall–Kier alpha value is -1.18. The number of hydrogen-bond donors (Lipinski definition) is 1. The fourth-order valence-electron chi connectivity index (χ4n) is 3.33. The third-order valence-corrected chi connectivity index (χ3v) is 6.81. The first-order chi connectivity index (χ1) is 11.4. The van der Waals surface area contributed by atoms with Crippen LogP contribution in [0.25, 0.3) is 0 Å². The molecule has 0 aromatic heterocycles. The van der Waals surface area contributed by atoms with E-state index in [9.17, 15) is 8.42 Å². The maximum absolute atomic E-state index is 11.9. The molecule has 2 aliphatic heterocycles. The van der Waals surface area contributed by atoms with Crippen molar-refractivity contribution < 1.29 is 13.2 Å². The predicted octanol–water partition coefficient (Wildman–Crippen LogP) is 2.36. The number of thiocarbonyl (C=S) groups is 1. The molecule has 2 heterocycles. The Morgan fingerprint density at radius 2 is 2.17 bits per heavy atom. The minimum absolute atomic E-state index is 0.0665. The first kappa shape index (κ1) is 17.6. The van der Waals surface area contributed by atoms with Crippen LogP contribution in [0, 0.1) is 6.92 Å². The molecular weight excluding hydrogens is 344 g/mol. The van der Waals surface area contributed by atoms with E-state index >= 15 is 0 Å². The third-order valence-electron chi connectivity index (χ3n) is 4.72. The van der Waals surface area contributed by atoms with E-state index in [1.807, 2.05) is 36.1 Å². The van der Waals surface area contributed by atoms with E-state index in [2.05, 4.69) is 5.32 Å². The van der Waals surface area contributed by atoms with Crippen LogP contribution < -0.4 is 5.32 Å². The monoisotopic (exact) mass is 368 g/mol. The number of anilines is 1. The van der Waals surface area contributed by atoms with Gasteiger partial charge >= 0.3 is 0 Å². The molecule has 0 saturated carbocycles. The second-order valence-electron chi connectivity index (χ2n) is 6.59. The first-order valence-electron chi connectivity index (χ1n) is 8.40. The van der Waals surface area contributed by atoms with Crippen LogP contribution in [0.2, 0.25) is 0 Å². The topological polar surface area (TPSA) is 58.6 Å². The van der Waals surface area contributed by atoms with Crippen molar-refractivity contribution in [3.8, 4) is 0 Å². The predicted molar refractivity (Wildman–Crippen MR) is 100 cm³/mol. The fourth-order valence-corrected chi connectivity index (χ4v) is 5.39. The zero-order chi connectivity index (χ0) is 17.2. The summed E-state index contributed by atoms with van der Waals surface area (Å²) in [6.45, 7) is 3.45. The average molecular weight is 369 g/mol. The lowest BCUT2D eigenvalue weighted by Crippen LogP contribution is -2.47. The molecular formula is C17H24N2O3S2. The van der Waals surface area contributed by atoms with Gasteiger partial charge in [-0.05, 0) is 50.0 Å². The SMILES string of the molecule is Cc1ccccc1NC(=S)N(C[C@@H]1CCCO1)[C@H]1CCS(=O)(=O)C1. The summed E-state index contributed by atoms with van der Waals surface area (Å²) < 4.78 is 29.5. The lowest BCUT2D eigenvalue weighted by atomic mass is 10.1. The summed E-state index contributed by atoms with van der Waals surface area (Å²) >= 11 is 5.63. The fraction of sp³-hybridized carbons (Fsp3) is 0.588. The van der Waals surface area contributed by atoms with Gasteiger partial charge in [-0.25, -0.2) is 8.42 Å². The second kappa shape index (κ2) is 7.37. The molecule has 1 aromatic carbocycles. The summed E-state index contributed by atoms with van der Waals surface area (Å²) in [7, 11) is -2.96. The molecule has 1 aromatic rings. The quantitative estimate of drug-likeness (QED) is 0.824. The Labute approximate surface area is 149 Å². The van der Waals surface area contributed by atoms with Gasteiger partial charge in [0.15, 0.2) is 14.9 Å². The van der Waals surface area contributed by atoms with Crippen LogP contribution in [0.15, 0.2) is 24.3 Å². The summed E-state index contributed by atoms with van der Waals surface area (Å²) in [5, 5.41) is 3.88. The summed E-state index contributed by atoms with van der Waals surface area (Å²) in [6.07, 6.45) is 2.82. The van der Waals surface area contributed by atoms with Crippen LogP contribution in [0.3, 0.4) is 0 Å². The van der Waals surface area contributed by atoms with Crippen LogP contribution in [-0.4, -0.2) is 55.2 Å². The van der Waals surface area contributed by atoms with Crippen LogP contribution in [0.1, 0.15) is 24.8 Å². The van der Waals surface area contributed by atoms with E-state index in [0.29, 0.717) is 18.1 Å². The number of hydrogen-bond acceptors (Lipinski definition) is 4. The highest BCUT2D eigenvalue weighted by Gasteiger charge is 2.35. The number of ether oxygens (including phenoxy) is 1. The molecule has 2 saturated heterocycles. The van der Waals surface area contributed by atoms with Crippen LogP contribution in [0.4, 0.5) is 5.69 Å². The molecule has 2 atom stereocenters. The lowest BCUT2D eigenvalue weighted by Gasteiger charge is -2.33. The van der Waals surface area contributed by atoms with Crippen LogP contribution >= 0.6 is 12.2 Å². The van der Waals surface area contributed by atoms with Crippen molar-refractivity contribution in [3.05, 3.63) is 29.8 Å². The normalized spacial score (nSPS) is 25.5. The van der Waals surface area contributed by atoms with E-state index in [1.54, 1.807) is 0 Å². The molecule has 2 aliphatic rings. The largest absolute Gasteiger partial charge is 0.376 e. The van der Waals surface area contributed by atoms with Gasteiger partial charge in [0.1, 0.15) is 0 Å². The van der Waals surface area contributed by atoms with Crippen molar-refractivity contribution in [1.29, 1.82) is 0 Å². The van der Waals surface area contributed by atoms with Gasteiger partial charge in [0, 0.05) is 24.9 Å². The van der Waals surface area contributed by atoms with Crippen molar-refractivity contribution in [2.45, 2.75) is 38.3 Å². The van der Waals surface area contributed by atoms with Crippen molar-refractivity contribution in [1.82, 2.24) is 4.90 Å². The third kappa shape index (κ3) is 4.26. The zero-order valence-electron chi connectivity index (χ0n) is 13.9. The summed E-state index contributed by atoms with van der Waals surface area (Å²) in [5.74, 6) is 0.419. The highest BCUT2D eigenvalue weighted by atomic mass is 32.2. The molecule has 0 spiro atoms. The Kier molecular flexibility index (Phi) is 5.42. The van der Waals surface area contributed by atoms with E-state index < -0.39 is 9.84 Å². The number of rotatable bonds is 4. The molecule has 1 N–H and O–H groups in total. The van der Waals surface area contributed by atoms with Crippen molar-refractivity contribution in [3.63, 3.8) is 0 Å². The van der Waals surface area contributed by atoms with Gasteiger partial charge in [-0.15, -0.1) is 0 Å². The first-order valence-corrected chi connectivity index (χ1v) is 10.6. The maximum Gasteiger partial charge on any atom is 0.173 e. The van der Waals surface area contributed by atoms with Gasteiger partial charge < -0.3 is 15.0 Å². The Morgan fingerprint density at radius 3 is 2.79 bits per heavy atom. The summed E-state index contributed by atoms with van der Waals surface area (Å²) in [6, 6.07) is 7.88. The Morgan fingerprint density at radius 1 is 1.38 bits per heavy atom. The van der Waals surface area contributed by atoms with Gasteiger partial charge in [0.2, 0.25) is 0 Å². The molecule has 132 valence electrons. The standard InChI is InChI=1S/C17H24N2O3S2/c1-13-5-2-3-7-16(13)18-17(23)19(11-15-6-4-9-22-15)14-8-10-24(20,21)12-14/h2-3,5,7,14-15H,4,6,8-12H2,1H3,(H,18,23)/t14-,15-/m0/s1. The smallest absolute Gasteiger partial charge is 0.173 e. The average Bonchev–Trinajstić information content (AvgIpc) is 3.16. The maximum atomic E-state index is 11.9. The highest BCUT2D eigenvalue weighted by Crippen LogP contribution is 2.23. The molecule has 0 radical (unpaired) electrons. The molecule has 5 nitrogen and oxygen atoms in total. The molecule has 2 fully saturated rings. The molecule has 7 heteroatoms. The molecule has 0 unspecified atom stereocenters. The minimum atomic E-state index is -2.96. The summed E-state index contributed by atoms with van der Waals surface area (Å²) in [4.78, 5) is 2.03. The van der Waals surface area contributed by atoms with Gasteiger partial charge in [-0.3, -0.25) is 0 Å². The van der Waals surface area contributed by atoms with Gasteiger partial charge in [0.05, 0.1) is 17.6 Å². The zero-order valence-corrected chi connectivity index (χ0v) is 15.5. The van der Waals surface area contributed by atoms with Crippen molar-refractivity contribution in [2.24, 2.45) is 0 Å². The lowest BCUT2D eigenvalue weighted by molar-refractivity contribution is 0.0851. The van der Waals surface area contributed by atoms with Crippen molar-refractivity contribution in [2.75, 3.05) is 30.0 Å². The molecule has 0 bridgehead atoms. The number of sulfone groups is 1. The van der Waals surface area contributed by atoms with Gasteiger partial charge in [-0.1, -0.05) is 18.2 Å². The molecule has 24 heavy (non-hydrogen) atoms. The second-order valence-corrected chi connectivity index (χ2v) is 9.20.